The summed E-state index contributed by atoms with van der Waals surface area (Å²) in [6.45, 7) is 4.34. The van der Waals surface area contributed by atoms with Crippen LogP contribution in [-0.2, 0) is 19.3 Å². The van der Waals surface area contributed by atoms with Crippen LogP contribution in [0.4, 0.5) is 0 Å². The second-order valence-corrected chi connectivity index (χ2v) is 5.07. The van der Waals surface area contributed by atoms with Gasteiger partial charge in [-0.1, -0.05) is 0 Å². The number of rotatable bonds is 3. The van der Waals surface area contributed by atoms with Gasteiger partial charge in [-0.3, -0.25) is 0 Å². The molecule has 0 amide bonds. The Labute approximate surface area is 103 Å². The van der Waals surface area contributed by atoms with E-state index in [1.54, 1.807) is 0 Å². The van der Waals surface area contributed by atoms with Crippen molar-refractivity contribution in [2.24, 2.45) is 0 Å². The first-order valence-corrected chi connectivity index (χ1v) is 6.60. The van der Waals surface area contributed by atoms with E-state index >= 15 is 0 Å². The molecule has 1 aromatic rings. The van der Waals surface area contributed by atoms with Crippen molar-refractivity contribution in [1.82, 2.24) is 0 Å². The molecule has 1 aliphatic rings. The molecule has 0 saturated carbocycles. The summed E-state index contributed by atoms with van der Waals surface area (Å²) >= 11 is 0. The average molecular weight is 234 g/mol. The highest BCUT2D eigenvalue weighted by Crippen LogP contribution is 2.37. The maximum absolute atomic E-state index is 10.3. The van der Waals surface area contributed by atoms with Crippen molar-refractivity contribution in [3.8, 4) is 5.75 Å². The third-order valence-corrected chi connectivity index (χ3v) is 4.05. The van der Waals surface area contributed by atoms with Crippen LogP contribution in [0.5, 0.6) is 5.75 Å². The van der Waals surface area contributed by atoms with E-state index in [0.717, 1.165) is 36.8 Å². The molecule has 0 spiro atoms. The Morgan fingerprint density at radius 2 is 1.59 bits per heavy atom. The van der Waals surface area contributed by atoms with Gasteiger partial charge in [-0.25, -0.2) is 0 Å². The summed E-state index contributed by atoms with van der Waals surface area (Å²) in [7, 11) is 0. The summed E-state index contributed by atoms with van der Waals surface area (Å²) in [4.78, 5) is 0. The summed E-state index contributed by atoms with van der Waals surface area (Å²) < 4.78 is 0. The van der Waals surface area contributed by atoms with Gasteiger partial charge in [-0.15, -0.1) is 0 Å². The highest BCUT2D eigenvalue weighted by molar-refractivity contribution is 5.55. The van der Waals surface area contributed by atoms with E-state index in [1.807, 2.05) is 6.92 Å². The maximum atomic E-state index is 10.3. The molecule has 0 saturated heterocycles. The predicted octanol–water partition coefficient (Wildman–Crippen LogP) is 2.81. The molecule has 0 atom stereocenters. The number of aliphatic hydroxyl groups excluding tert-OH is 1. The Hall–Kier alpha value is -1.02. The molecule has 2 heteroatoms. The third kappa shape index (κ3) is 2.19. The van der Waals surface area contributed by atoms with Gasteiger partial charge >= 0.3 is 0 Å². The van der Waals surface area contributed by atoms with Crippen molar-refractivity contribution in [1.29, 1.82) is 0 Å². The van der Waals surface area contributed by atoms with Crippen molar-refractivity contribution >= 4 is 0 Å². The first-order valence-electron chi connectivity index (χ1n) is 6.60. The lowest BCUT2D eigenvalue weighted by Gasteiger charge is -2.24. The van der Waals surface area contributed by atoms with Crippen LogP contribution >= 0.6 is 0 Å². The Morgan fingerprint density at radius 3 is 2.18 bits per heavy atom. The molecule has 1 aliphatic carbocycles. The van der Waals surface area contributed by atoms with Gasteiger partial charge in [-0.2, -0.15) is 0 Å². The quantitative estimate of drug-likeness (QED) is 0.844. The molecule has 0 heterocycles. The van der Waals surface area contributed by atoms with E-state index in [0.29, 0.717) is 5.75 Å². The van der Waals surface area contributed by atoms with Crippen molar-refractivity contribution in [2.75, 3.05) is 6.61 Å². The van der Waals surface area contributed by atoms with Crippen molar-refractivity contribution in [3.05, 3.63) is 27.8 Å². The van der Waals surface area contributed by atoms with E-state index in [2.05, 4.69) is 6.92 Å². The smallest absolute Gasteiger partial charge is 0.122 e. The molecule has 0 aliphatic heterocycles. The van der Waals surface area contributed by atoms with E-state index in [-0.39, 0.29) is 6.61 Å². The number of hydrogen-bond donors (Lipinski definition) is 2. The summed E-state index contributed by atoms with van der Waals surface area (Å²) in [5.74, 6) is 0.469. The first kappa shape index (κ1) is 12.4. The first-order chi connectivity index (χ1) is 8.16. The predicted molar refractivity (Wildman–Crippen MR) is 69.6 cm³/mol. The topological polar surface area (TPSA) is 40.5 Å². The average Bonchev–Trinajstić information content (AvgIpc) is 2.36. The summed E-state index contributed by atoms with van der Waals surface area (Å²) in [5.41, 5.74) is 6.21. The molecule has 0 bridgehead atoms. The van der Waals surface area contributed by atoms with Crippen LogP contribution in [0.1, 0.15) is 47.1 Å². The summed E-state index contributed by atoms with van der Waals surface area (Å²) in [6, 6.07) is 0. The van der Waals surface area contributed by atoms with Crippen LogP contribution in [0, 0.1) is 13.8 Å². The lowest BCUT2D eigenvalue weighted by atomic mass is 9.82. The van der Waals surface area contributed by atoms with Crippen molar-refractivity contribution in [3.63, 3.8) is 0 Å². The SMILES string of the molecule is Cc1c(O)c(CCCO)c(C)c2c1CCCC2. The zero-order valence-electron chi connectivity index (χ0n) is 10.8. The molecule has 17 heavy (non-hydrogen) atoms. The Morgan fingerprint density at radius 1 is 1.00 bits per heavy atom. The van der Waals surface area contributed by atoms with Gasteiger partial charge in [0, 0.05) is 6.61 Å². The van der Waals surface area contributed by atoms with Crippen LogP contribution in [0.25, 0.3) is 0 Å². The Bertz CT molecular complexity index is 422. The maximum Gasteiger partial charge on any atom is 0.122 e. The normalized spacial score (nSPS) is 14.8. The molecule has 2 N–H and O–H groups in total. The van der Waals surface area contributed by atoms with E-state index < -0.39 is 0 Å². The second kappa shape index (κ2) is 5.09. The molecular formula is C15H22O2. The molecule has 1 aromatic carbocycles. The number of hydrogen-bond acceptors (Lipinski definition) is 2. The Balaban J connectivity index is 2.49. The molecule has 2 rings (SSSR count). The van der Waals surface area contributed by atoms with Gasteiger partial charge in [-0.05, 0) is 80.2 Å². The monoisotopic (exact) mass is 234 g/mol. The lowest BCUT2D eigenvalue weighted by molar-refractivity contribution is 0.288. The molecular weight excluding hydrogens is 212 g/mol. The number of benzene rings is 1. The zero-order chi connectivity index (χ0) is 12.4. The fraction of sp³-hybridized carbons (Fsp3) is 0.600. The molecule has 94 valence electrons. The summed E-state index contributed by atoms with van der Waals surface area (Å²) in [6.07, 6.45) is 6.26. The third-order valence-electron chi connectivity index (χ3n) is 4.05. The highest BCUT2D eigenvalue weighted by Gasteiger charge is 2.20. The van der Waals surface area contributed by atoms with Crippen LogP contribution in [0.3, 0.4) is 0 Å². The standard InChI is InChI=1S/C15H22O2/c1-10-12-6-3-4-7-13(12)11(2)15(17)14(10)8-5-9-16/h16-17H,3-9H2,1-2H3. The van der Waals surface area contributed by atoms with Gasteiger partial charge in [0.05, 0.1) is 0 Å². The van der Waals surface area contributed by atoms with Gasteiger partial charge in [0.25, 0.3) is 0 Å². The minimum atomic E-state index is 0.189. The van der Waals surface area contributed by atoms with Gasteiger partial charge in [0.15, 0.2) is 0 Å². The van der Waals surface area contributed by atoms with Gasteiger partial charge in [0.1, 0.15) is 5.75 Å². The minimum Gasteiger partial charge on any atom is -0.507 e. The fourth-order valence-corrected chi connectivity index (χ4v) is 3.02. The van der Waals surface area contributed by atoms with Gasteiger partial charge in [0.2, 0.25) is 0 Å². The second-order valence-electron chi connectivity index (χ2n) is 5.07. The van der Waals surface area contributed by atoms with E-state index in [9.17, 15) is 5.11 Å². The number of aliphatic hydroxyl groups is 1. The number of phenolic OH excluding ortho intramolecular Hbond substituents is 1. The minimum absolute atomic E-state index is 0.189. The van der Waals surface area contributed by atoms with Crippen LogP contribution in [0.2, 0.25) is 0 Å². The molecule has 0 unspecified atom stereocenters. The fourth-order valence-electron chi connectivity index (χ4n) is 3.02. The number of aromatic hydroxyl groups is 1. The van der Waals surface area contributed by atoms with E-state index in [1.165, 1.54) is 29.5 Å². The van der Waals surface area contributed by atoms with Crippen LogP contribution in [-0.4, -0.2) is 16.8 Å². The highest BCUT2D eigenvalue weighted by atomic mass is 16.3. The number of phenols is 1. The molecule has 0 fully saturated rings. The van der Waals surface area contributed by atoms with Crippen molar-refractivity contribution in [2.45, 2.75) is 52.4 Å². The molecule has 0 aromatic heterocycles. The molecule has 0 radical (unpaired) electrons. The van der Waals surface area contributed by atoms with Gasteiger partial charge < -0.3 is 10.2 Å². The van der Waals surface area contributed by atoms with Crippen LogP contribution in [0.15, 0.2) is 0 Å². The largest absolute Gasteiger partial charge is 0.507 e. The van der Waals surface area contributed by atoms with E-state index in [4.69, 9.17) is 5.11 Å². The molecule has 2 nitrogen and oxygen atoms in total. The number of fused-ring (bicyclic) bond motifs is 1. The Kier molecular flexibility index (Phi) is 3.72. The summed E-state index contributed by atoms with van der Waals surface area (Å²) in [5, 5.41) is 19.2. The zero-order valence-corrected chi connectivity index (χ0v) is 10.8. The lowest BCUT2D eigenvalue weighted by Crippen LogP contribution is -2.10. The van der Waals surface area contributed by atoms with Crippen molar-refractivity contribution < 1.29 is 10.2 Å². The van der Waals surface area contributed by atoms with Crippen LogP contribution < -0.4 is 0 Å².